The summed E-state index contributed by atoms with van der Waals surface area (Å²) in [6.45, 7) is 3.55. The van der Waals surface area contributed by atoms with Crippen LogP contribution in [0, 0.1) is 6.92 Å². The van der Waals surface area contributed by atoms with E-state index in [1.54, 1.807) is 18.6 Å². The van der Waals surface area contributed by atoms with Gasteiger partial charge in [-0.05, 0) is 31.0 Å². The first kappa shape index (κ1) is 19.7. The van der Waals surface area contributed by atoms with E-state index in [0.29, 0.717) is 23.5 Å². The highest BCUT2D eigenvalue weighted by Crippen LogP contribution is 2.17. The highest BCUT2D eigenvalue weighted by atomic mass is 79.9. The topological polar surface area (TPSA) is 75.5 Å². The van der Waals surface area contributed by atoms with Crippen molar-refractivity contribution >= 4 is 32.9 Å². The van der Waals surface area contributed by atoms with Crippen molar-refractivity contribution in [2.45, 2.75) is 26.4 Å². The molecule has 9 heteroatoms. The van der Waals surface area contributed by atoms with Crippen molar-refractivity contribution in [2.75, 3.05) is 13.7 Å². The number of aryl methyl sites for hydroxylation is 3. The second-order valence-electron chi connectivity index (χ2n) is 7.08. The summed E-state index contributed by atoms with van der Waals surface area (Å²) in [6.07, 6.45) is 2.73. The van der Waals surface area contributed by atoms with E-state index < -0.39 is 0 Å². The molecule has 4 aromatic rings. The Hall–Kier alpha value is -2.65. The van der Waals surface area contributed by atoms with E-state index in [2.05, 4.69) is 20.9 Å². The quantitative estimate of drug-likeness (QED) is 0.414. The van der Waals surface area contributed by atoms with E-state index in [1.165, 1.54) is 9.13 Å². The summed E-state index contributed by atoms with van der Waals surface area (Å²) in [5.41, 5.74) is 1.95. The van der Waals surface area contributed by atoms with Crippen LogP contribution in [-0.2, 0) is 24.9 Å². The largest absolute Gasteiger partial charge is 0.385 e. The SMILES string of the molecule is COCCCn1c(C)cn2c3c(=O)n(Cc4ccc(Br)cc4)c(=O)n(C)c3nc12. The summed E-state index contributed by atoms with van der Waals surface area (Å²) in [5.74, 6) is 0.655. The van der Waals surface area contributed by atoms with Gasteiger partial charge in [-0.15, -0.1) is 0 Å². The predicted molar refractivity (Wildman–Crippen MR) is 115 cm³/mol. The molecule has 0 aliphatic carbocycles. The lowest BCUT2D eigenvalue weighted by atomic mass is 10.2. The smallest absolute Gasteiger partial charge is 0.332 e. The number of rotatable bonds is 6. The summed E-state index contributed by atoms with van der Waals surface area (Å²) < 4.78 is 12.6. The molecule has 152 valence electrons. The van der Waals surface area contributed by atoms with Gasteiger partial charge in [0.15, 0.2) is 11.2 Å². The number of halogens is 1. The van der Waals surface area contributed by atoms with E-state index in [9.17, 15) is 9.59 Å². The number of hydrogen-bond acceptors (Lipinski definition) is 4. The Morgan fingerprint density at radius 1 is 1.14 bits per heavy atom. The van der Waals surface area contributed by atoms with Crippen molar-refractivity contribution in [3.63, 3.8) is 0 Å². The van der Waals surface area contributed by atoms with Crippen LogP contribution in [0.25, 0.3) is 16.9 Å². The lowest BCUT2D eigenvalue weighted by molar-refractivity contribution is 0.190. The van der Waals surface area contributed by atoms with Gasteiger partial charge in [0.1, 0.15) is 0 Å². The number of aromatic nitrogens is 5. The molecule has 0 fully saturated rings. The number of nitrogens with zero attached hydrogens (tertiary/aromatic N) is 5. The Balaban J connectivity index is 1.90. The zero-order valence-electron chi connectivity index (χ0n) is 16.6. The number of fused-ring (bicyclic) bond motifs is 3. The molecule has 0 bridgehead atoms. The molecule has 0 aliphatic heterocycles. The monoisotopic (exact) mass is 459 g/mol. The van der Waals surface area contributed by atoms with Crippen LogP contribution in [0.5, 0.6) is 0 Å². The molecule has 3 aromatic heterocycles. The fourth-order valence-electron chi connectivity index (χ4n) is 3.61. The van der Waals surface area contributed by atoms with E-state index in [4.69, 9.17) is 4.74 Å². The predicted octanol–water partition coefficient (Wildman–Crippen LogP) is 2.31. The molecule has 0 spiro atoms. The molecular formula is C20H22BrN5O3. The minimum Gasteiger partial charge on any atom is -0.385 e. The first-order chi connectivity index (χ1) is 13.9. The standard InChI is InChI=1S/C20H22BrN5O3/c1-13-11-25-16-17(22-19(25)24(13)9-4-10-29-3)23(2)20(28)26(18(16)27)12-14-5-7-15(21)8-6-14/h5-8,11H,4,9-10,12H2,1-3H3. The summed E-state index contributed by atoms with van der Waals surface area (Å²) >= 11 is 3.40. The highest BCUT2D eigenvalue weighted by Gasteiger charge is 2.20. The van der Waals surface area contributed by atoms with Crippen molar-refractivity contribution in [1.29, 1.82) is 0 Å². The third-order valence-electron chi connectivity index (χ3n) is 5.12. The molecule has 0 aliphatic rings. The number of ether oxygens (including phenoxy) is 1. The second kappa shape index (κ2) is 7.64. The Labute approximate surface area is 175 Å². The molecule has 1 aromatic carbocycles. The number of hydrogen-bond donors (Lipinski definition) is 0. The van der Waals surface area contributed by atoms with Crippen molar-refractivity contribution in [3.8, 4) is 0 Å². The van der Waals surface area contributed by atoms with Crippen LogP contribution in [0.2, 0.25) is 0 Å². The minimum atomic E-state index is -0.381. The van der Waals surface area contributed by atoms with E-state index in [-0.39, 0.29) is 17.8 Å². The first-order valence-electron chi connectivity index (χ1n) is 9.33. The fraction of sp³-hybridized carbons (Fsp3) is 0.350. The molecule has 4 rings (SSSR count). The normalized spacial score (nSPS) is 11.7. The third-order valence-corrected chi connectivity index (χ3v) is 5.65. The maximum atomic E-state index is 13.3. The zero-order chi connectivity index (χ0) is 20.7. The van der Waals surface area contributed by atoms with Gasteiger partial charge in [0.25, 0.3) is 5.56 Å². The Morgan fingerprint density at radius 2 is 1.86 bits per heavy atom. The minimum absolute atomic E-state index is 0.204. The Bertz CT molecular complexity index is 1310. The average Bonchev–Trinajstić information content (AvgIpc) is 3.21. The van der Waals surface area contributed by atoms with Gasteiger partial charge in [-0.3, -0.25) is 18.3 Å². The third kappa shape index (κ3) is 3.34. The van der Waals surface area contributed by atoms with Gasteiger partial charge in [-0.25, -0.2) is 4.79 Å². The van der Waals surface area contributed by atoms with Gasteiger partial charge >= 0.3 is 5.69 Å². The fourth-order valence-corrected chi connectivity index (χ4v) is 3.87. The maximum absolute atomic E-state index is 13.3. The van der Waals surface area contributed by atoms with Crippen LogP contribution in [0.4, 0.5) is 0 Å². The van der Waals surface area contributed by atoms with E-state index in [1.807, 2.05) is 42.0 Å². The molecule has 0 N–H and O–H groups in total. The molecule has 0 radical (unpaired) electrons. The van der Waals surface area contributed by atoms with Gasteiger partial charge < -0.3 is 9.30 Å². The molecular weight excluding hydrogens is 438 g/mol. The van der Waals surface area contributed by atoms with Crippen LogP contribution in [0.3, 0.4) is 0 Å². The molecule has 8 nitrogen and oxygen atoms in total. The number of imidazole rings is 2. The maximum Gasteiger partial charge on any atom is 0.332 e. The van der Waals surface area contributed by atoms with Crippen molar-refractivity contribution in [2.24, 2.45) is 7.05 Å². The number of methoxy groups -OCH3 is 1. The molecule has 29 heavy (non-hydrogen) atoms. The average molecular weight is 460 g/mol. The van der Waals surface area contributed by atoms with Crippen LogP contribution in [0.1, 0.15) is 17.7 Å². The molecule has 0 saturated carbocycles. The molecule has 0 atom stereocenters. The van der Waals surface area contributed by atoms with Crippen molar-refractivity contribution in [3.05, 3.63) is 67.0 Å². The van der Waals surface area contributed by atoms with E-state index >= 15 is 0 Å². The zero-order valence-corrected chi connectivity index (χ0v) is 18.1. The van der Waals surface area contributed by atoms with Crippen LogP contribution >= 0.6 is 15.9 Å². The van der Waals surface area contributed by atoms with Gasteiger partial charge in [-0.2, -0.15) is 4.98 Å². The summed E-state index contributed by atoms with van der Waals surface area (Å²) in [5, 5.41) is 0. The molecule has 0 saturated heterocycles. The second-order valence-corrected chi connectivity index (χ2v) is 8.00. The summed E-state index contributed by atoms with van der Waals surface area (Å²) in [6, 6.07) is 7.57. The van der Waals surface area contributed by atoms with Gasteiger partial charge in [0.2, 0.25) is 5.78 Å². The van der Waals surface area contributed by atoms with Crippen LogP contribution in [0.15, 0.2) is 44.5 Å². The number of benzene rings is 1. The summed E-state index contributed by atoms with van der Waals surface area (Å²) in [7, 11) is 3.32. The lowest BCUT2D eigenvalue weighted by Crippen LogP contribution is -2.39. The van der Waals surface area contributed by atoms with Gasteiger partial charge in [0, 0.05) is 43.7 Å². The van der Waals surface area contributed by atoms with Gasteiger partial charge in [0.05, 0.1) is 6.54 Å². The summed E-state index contributed by atoms with van der Waals surface area (Å²) in [4.78, 5) is 30.8. The Morgan fingerprint density at radius 3 is 2.55 bits per heavy atom. The molecule has 0 amide bonds. The van der Waals surface area contributed by atoms with Crippen LogP contribution < -0.4 is 11.2 Å². The van der Waals surface area contributed by atoms with E-state index in [0.717, 1.165) is 28.7 Å². The van der Waals surface area contributed by atoms with Gasteiger partial charge in [-0.1, -0.05) is 28.1 Å². The molecule has 3 heterocycles. The molecule has 0 unspecified atom stereocenters. The van der Waals surface area contributed by atoms with Crippen molar-refractivity contribution in [1.82, 2.24) is 23.1 Å². The lowest BCUT2D eigenvalue weighted by Gasteiger charge is -2.08. The highest BCUT2D eigenvalue weighted by molar-refractivity contribution is 9.10. The van der Waals surface area contributed by atoms with Crippen LogP contribution in [-0.4, -0.2) is 36.8 Å². The Kier molecular flexibility index (Phi) is 5.18. The first-order valence-corrected chi connectivity index (χ1v) is 10.1. The van der Waals surface area contributed by atoms with Crippen molar-refractivity contribution < 1.29 is 4.74 Å².